The number of hydrogen-bond acceptors (Lipinski definition) is 4. The summed E-state index contributed by atoms with van der Waals surface area (Å²) in [5.74, 6) is 1.61. The van der Waals surface area contributed by atoms with Gasteiger partial charge >= 0.3 is 0 Å². The monoisotopic (exact) mass is 233 g/mol. The molecule has 0 spiro atoms. The highest BCUT2D eigenvalue weighted by Gasteiger charge is 2.09. The molecule has 0 bridgehead atoms. The number of phenols is 1. The molecule has 1 N–H and O–H groups in total. The van der Waals surface area contributed by atoms with Crippen molar-refractivity contribution < 1.29 is 14.4 Å². The maximum atomic E-state index is 9.45. The molecule has 2 rings (SSSR count). The van der Waals surface area contributed by atoms with Crippen molar-refractivity contribution in [3.05, 3.63) is 40.8 Å². The number of hydrogen-bond donors (Lipinski definition) is 1. The zero-order valence-corrected chi connectivity index (χ0v) is 10.2. The Bertz CT molecular complexity index is 492. The fourth-order valence-corrected chi connectivity index (χ4v) is 1.68. The Hall–Kier alpha value is -1.97. The quantitative estimate of drug-likeness (QED) is 0.885. The Kier molecular flexibility index (Phi) is 3.04. The van der Waals surface area contributed by atoms with E-state index in [1.165, 1.54) is 0 Å². The standard InChI is InChI=1S/C13H15NO3/c1-8-4-11(15)6-12(5-8)16-7-13-9(2)14-17-10(13)3/h4-6,15H,7H2,1-3H3. The van der Waals surface area contributed by atoms with Crippen LogP contribution in [-0.2, 0) is 6.61 Å². The van der Waals surface area contributed by atoms with Gasteiger partial charge in [-0.05, 0) is 38.5 Å². The molecule has 0 aliphatic rings. The number of rotatable bonds is 3. The molecule has 0 saturated carbocycles. The molecule has 0 aliphatic carbocycles. The van der Waals surface area contributed by atoms with Crippen LogP contribution in [0.5, 0.6) is 11.5 Å². The summed E-state index contributed by atoms with van der Waals surface area (Å²) < 4.78 is 10.7. The van der Waals surface area contributed by atoms with Gasteiger partial charge in [0, 0.05) is 6.07 Å². The lowest BCUT2D eigenvalue weighted by Gasteiger charge is -2.07. The first-order valence-electron chi connectivity index (χ1n) is 5.41. The van der Waals surface area contributed by atoms with Crippen LogP contribution in [0.15, 0.2) is 22.7 Å². The normalized spacial score (nSPS) is 10.5. The van der Waals surface area contributed by atoms with Gasteiger partial charge < -0.3 is 14.4 Å². The van der Waals surface area contributed by atoms with Crippen molar-refractivity contribution in [2.24, 2.45) is 0 Å². The van der Waals surface area contributed by atoms with Crippen LogP contribution in [0.3, 0.4) is 0 Å². The molecule has 1 heterocycles. The average Bonchev–Trinajstić information content (AvgIpc) is 2.55. The summed E-state index contributed by atoms with van der Waals surface area (Å²) in [5, 5.41) is 13.3. The number of benzene rings is 1. The fourth-order valence-electron chi connectivity index (χ4n) is 1.68. The SMILES string of the molecule is Cc1cc(O)cc(OCc2c(C)noc2C)c1. The van der Waals surface area contributed by atoms with Crippen LogP contribution in [0.2, 0.25) is 0 Å². The largest absolute Gasteiger partial charge is 0.508 e. The zero-order chi connectivity index (χ0) is 12.4. The molecule has 1 aromatic carbocycles. The lowest BCUT2D eigenvalue weighted by atomic mass is 10.2. The third-order valence-electron chi connectivity index (χ3n) is 2.60. The first-order chi connectivity index (χ1) is 8.06. The third kappa shape index (κ3) is 2.58. The van der Waals surface area contributed by atoms with Crippen LogP contribution in [0, 0.1) is 20.8 Å². The van der Waals surface area contributed by atoms with Crippen LogP contribution in [-0.4, -0.2) is 10.3 Å². The molecule has 0 radical (unpaired) electrons. The van der Waals surface area contributed by atoms with Gasteiger partial charge in [-0.3, -0.25) is 0 Å². The smallest absolute Gasteiger partial charge is 0.140 e. The Morgan fingerprint density at radius 2 is 2.00 bits per heavy atom. The molecule has 0 fully saturated rings. The molecular weight excluding hydrogens is 218 g/mol. The fraction of sp³-hybridized carbons (Fsp3) is 0.308. The molecule has 0 aliphatic heterocycles. The van der Waals surface area contributed by atoms with Crippen molar-refractivity contribution in [3.8, 4) is 11.5 Å². The lowest BCUT2D eigenvalue weighted by Crippen LogP contribution is -1.98. The molecule has 90 valence electrons. The van der Waals surface area contributed by atoms with Gasteiger partial charge in [-0.2, -0.15) is 0 Å². The predicted molar refractivity (Wildman–Crippen MR) is 63.2 cm³/mol. The van der Waals surface area contributed by atoms with Gasteiger partial charge in [0.2, 0.25) is 0 Å². The first kappa shape index (κ1) is 11.5. The van der Waals surface area contributed by atoms with E-state index in [9.17, 15) is 5.11 Å². The van der Waals surface area contributed by atoms with E-state index in [4.69, 9.17) is 9.26 Å². The number of aromatic hydroxyl groups is 1. The van der Waals surface area contributed by atoms with Crippen LogP contribution >= 0.6 is 0 Å². The second-order valence-corrected chi connectivity index (χ2v) is 4.10. The highest BCUT2D eigenvalue weighted by Crippen LogP contribution is 2.23. The second kappa shape index (κ2) is 4.49. The van der Waals surface area contributed by atoms with Gasteiger partial charge in [0.25, 0.3) is 0 Å². The summed E-state index contributed by atoms with van der Waals surface area (Å²) in [6.45, 7) is 6.03. The van der Waals surface area contributed by atoms with E-state index < -0.39 is 0 Å². The Morgan fingerprint density at radius 1 is 1.24 bits per heavy atom. The van der Waals surface area contributed by atoms with Gasteiger partial charge in [0.1, 0.15) is 23.9 Å². The zero-order valence-electron chi connectivity index (χ0n) is 10.2. The maximum Gasteiger partial charge on any atom is 0.140 e. The van der Waals surface area contributed by atoms with Crippen molar-refractivity contribution in [2.45, 2.75) is 27.4 Å². The minimum atomic E-state index is 0.207. The summed E-state index contributed by atoms with van der Waals surface area (Å²) in [5.41, 5.74) is 2.74. The highest BCUT2D eigenvalue weighted by atomic mass is 16.5. The topological polar surface area (TPSA) is 55.5 Å². The van der Waals surface area contributed by atoms with Gasteiger partial charge in [-0.15, -0.1) is 0 Å². The van der Waals surface area contributed by atoms with E-state index in [0.717, 1.165) is 22.6 Å². The predicted octanol–water partition coefficient (Wildman–Crippen LogP) is 2.88. The highest BCUT2D eigenvalue weighted by molar-refractivity contribution is 5.37. The third-order valence-corrected chi connectivity index (χ3v) is 2.60. The molecular formula is C13H15NO3. The van der Waals surface area contributed by atoms with E-state index in [0.29, 0.717) is 12.4 Å². The molecule has 2 aromatic rings. The molecule has 0 atom stereocenters. The minimum absolute atomic E-state index is 0.207. The number of ether oxygens (including phenoxy) is 1. The Balaban J connectivity index is 2.12. The second-order valence-electron chi connectivity index (χ2n) is 4.10. The summed E-state index contributed by atoms with van der Waals surface area (Å²) in [7, 11) is 0. The molecule has 4 heteroatoms. The Morgan fingerprint density at radius 3 is 2.59 bits per heavy atom. The van der Waals surface area contributed by atoms with E-state index in [-0.39, 0.29) is 5.75 Å². The van der Waals surface area contributed by atoms with E-state index in [1.54, 1.807) is 12.1 Å². The summed E-state index contributed by atoms with van der Waals surface area (Å²) in [4.78, 5) is 0. The van der Waals surface area contributed by atoms with Gasteiger partial charge in [-0.25, -0.2) is 0 Å². The van der Waals surface area contributed by atoms with Gasteiger partial charge in [-0.1, -0.05) is 5.16 Å². The van der Waals surface area contributed by atoms with Crippen molar-refractivity contribution >= 4 is 0 Å². The van der Waals surface area contributed by atoms with E-state index in [1.807, 2.05) is 26.8 Å². The average molecular weight is 233 g/mol. The minimum Gasteiger partial charge on any atom is -0.508 e. The van der Waals surface area contributed by atoms with Crippen LogP contribution in [0.4, 0.5) is 0 Å². The van der Waals surface area contributed by atoms with Crippen molar-refractivity contribution in [2.75, 3.05) is 0 Å². The molecule has 4 nitrogen and oxygen atoms in total. The number of phenolic OH excluding ortho intramolecular Hbond substituents is 1. The van der Waals surface area contributed by atoms with Crippen LogP contribution in [0.1, 0.15) is 22.6 Å². The van der Waals surface area contributed by atoms with Crippen LogP contribution < -0.4 is 4.74 Å². The number of nitrogens with zero attached hydrogens (tertiary/aromatic N) is 1. The Labute approximate surface area is 99.8 Å². The van der Waals surface area contributed by atoms with Gasteiger partial charge in [0.15, 0.2) is 0 Å². The molecule has 0 amide bonds. The summed E-state index contributed by atoms with van der Waals surface area (Å²) in [6.07, 6.45) is 0. The molecule has 0 saturated heterocycles. The molecule has 17 heavy (non-hydrogen) atoms. The summed E-state index contributed by atoms with van der Waals surface area (Å²) >= 11 is 0. The van der Waals surface area contributed by atoms with E-state index in [2.05, 4.69) is 5.16 Å². The maximum absolute atomic E-state index is 9.45. The number of aryl methyl sites for hydroxylation is 3. The van der Waals surface area contributed by atoms with Crippen molar-refractivity contribution in [1.82, 2.24) is 5.16 Å². The number of aromatic nitrogens is 1. The molecule has 1 aromatic heterocycles. The van der Waals surface area contributed by atoms with Crippen LogP contribution in [0.25, 0.3) is 0 Å². The summed E-state index contributed by atoms with van der Waals surface area (Å²) in [6, 6.07) is 5.14. The first-order valence-corrected chi connectivity index (χ1v) is 5.41. The van der Waals surface area contributed by atoms with Gasteiger partial charge in [0.05, 0.1) is 11.3 Å². The van der Waals surface area contributed by atoms with E-state index >= 15 is 0 Å². The van der Waals surface area contributed by atoms with Crippen molar-refractivity contribution in [1.29, 1.82) is 0 Å². The molecule has 0 unspecified atom stereocenters. The van der Waals surface area contributed by atoms with Crippen molar-refractivity contribution in [3.63, 3.8) is 0 Å². The lowest BCUT2D eigenvalue weighted by molar-refractivity contribution is 0.300.